The Kier molecular flexibility index (Phi) is 4.23. The summed E-state index contributed by atoms with van der Waals surface area (Å²) in [7, 11) is 0. The predicted octanol–water partition coefficient (Wildman–Crippen LogP) is 3.10. The third-order valence-corrected chi connectivity index (χ3v) is 2.45. The first-order chi connectivity index (χ1) is 9.50. The van der Waals surface area contributed by atoms with Crippen molar-refractivity contribution in [3.8, 4) is 0 Å². The fourth-order valence-electron chi connectivity index (χ4n) is 1.57. The molecule has 1 heterocycles. The average Bonchev–Trinajstić information content (AvgIpc) is 2.83. The number of para-hydroxylation sites is 1. The lowest BCUT2D eigenvalue weighted by molar-refractivity contribution is -0.136. The van der Waals surface area contributed by atoms with Gasteiger partial charge in [-0.2, -0.15) is 18.2 Å². The van der Waals surface area contributed by atoms with Crippen molar-refractivity contribution in [2.75, 3.05) is 11.9 Å². The van der Waals surface area contributed by atoms with Crippen molar-refractivity contribution in [1.29, 1.82) is 0 Å². The fraction of sp³-hybridized carbons (Fsp3) is 0.333. The second-order valence-corrected chi connectivity index (χ2v) is 3.91. The molecule has 108 valence electrons. The molecule has 0 saturated carbocycles. The second-order valence-electron chi connectivity index (χ2n) is 3.91. The number of rotatable bonds is 5. The van der Waals surface area contributed by atoms with E-state index in [2.05, 4.69) is 20.5 Å². The van der Waals surface area contributed by atoms with Crippen molar-refractivity contribution < 1.29 is 17.9 Å². The van der Waals surface area contributed by atoms with Gasteiger partial charge in [0.25, 0.3) is 0 Å². The molecule has 0 fully saturated rings. The number of ether oxygens (including phenoxy) is 1. The summed E-state index contributed by atoms with van der Waals surface area (Å²) in [6, 6.07) is 5.15. The first kappa shape index (κ1) is 14.3. The van der Waals surface area contributed by atoms with Gasteiger partial charge in [-0.1, -0.05) is 12.1 Å². The summed E-state index contributed by atoms with van der Waals surface area (Å²) in [6.45, 7) is 2.57. The number of hydrogen-bond acceptors (Lipinski definition) is 4. The molecule has 1 aromatic heterocycles. The molecule has 8 heteroatoms. The Bertz CT molecular complexity index is 568. The largest absolute Gasteiger partial charge is 0.418 e. The molecule has 2 N–H and O–H groups in total. The van der Waals surface area contributed by atoms with Crippen molar-refractivity contribution in [3.63, 3.8) is 0 Å². The Balaban J connectivity index is 2.16. The van der Waals surface area contributed by atoms with Crippen LogP contribution in [-0.4, -0.2) is 21.8 Å². The maximum absolute atomic E-state index is 12.8. The molecule has 0 aliphatic rings. The van der Waals surface area contributed by atoms with E-state index in [0.717, 1.165) is 6.07 Å². The first-order valence-corrected chi connectivity index (χ1v) is 5.93. The lowest BCUT2D eigenvalue weighted by Crippen LogP contribution is -2.09. The lowest BCUT2D eigenvalue weighted by Gasteiger charge is -2.12. The van der Waals surface area contributed by atoms with Crippen LogP contribution in [0.5, 0.6) is 0 Å². The topological polar surface area (TPSA) is 62.8 Å². The molecule has 0 aliphatic carbocycles. The van der Waals surface area contributed by atoms with E-state index in [9.17, 15) is 13.2 Å². The van der Waals surface area contributed by atoms with Crippen molar-refractivity contribution in [2.24, 2.45) is 0 Å². The van der Waals surface area contributed by atoms with Crippen molar-refractivity contribution in [1.82, 2.24) is 15.2 Å². The number of halogens is 3. The maximum Gasteiger partial charge on any atom is 0.418 e. The number of nitrogens with zero attached hydrogens (tertiary/aromatic N) is 2. The zero-order valence-corrected chi connectivity index (χ0v) is 10.7. The van der Waals surface area contributed by atoms with Gasteiger partial charge in [0.15, 0.2) is 5.82 Å². The Morgan fingerprint density at radius 2 is 2.05 bits per heavy atom. The Morgan fingerprint density at radius 1 is 1.30 bits per heavy atom. The Labute approximate surface area is 113 Å². The SMILES string of the molecule is CCOCc1nc(Nc2ccccc2C(F)(F)F)n[nH]1. The molecule has 20 heavy (non-hydrogen) atoms. The summed E-state index contributed by atoms with van der Waals surface area (Å²) in [4.78, 5) is 4.00. The molecule has 0 amide bonds. The van der Waals surface area contributed by atoms with Crippen LogP contribution in [0, 0.1) is 0 Å². The van der Waals surface area contributed by atoms with E-state index in [1.807, 2.05) is 6.92 Å². The minimum absolute atomic E-state index is 0.0661. The first-order valence-electron chi connectivity index (χ1n) is 5.93. The smallest absolute Gasteiger partial charge is 0.374 e. The minimum Gasteiger partial charge on any atom is -0.374 e. The average molecular weight is 286 g/mol. The summed E-state index contributed by atoms with van der Waals surface area (Å²) in [5.74, 6) is 0.509. The van der Waals surface area contributed by atoms with Crippen LogP contribution in [0.4, 0.5) is 24.8 Å². The lowest BCUT2D eigenvalue weighted by atomic mass is 10.1. The Morgan fingerprint density at radius 3 is 2.75 bits per heavy atom. The summed E-state index contributed by atoms with van der Waals surface area (Å²) >= 11 is 0. The fourth-order valence-corrected chi connectivity index (χ4v) is 1.57. The van der Waals surface area contributed by atoms with Gasteiger partial charge in [0.1, 0.15) is 6.61 Å². The standard InChI is InChI=1S/C12H13F3N4O/c1-2-20-7-10-17-11(19-18-10)16-9-6-4-3-5-8(9)12(13,14)15/h3-6H,2,7H2,1H3,(H2,16,17,18,19). The highest BCUT2D eigenvalue weighted by Crippen LogP contribution is 2.35. The zero-order chi connectivity index (χ0) is 14.6. The van der Waals surface area contributed by atoms with E-state index in [0.29, 0.717) is 12.4 Å². The molecule has 2 rings (SSSR count). The van der Waals surface area contributed by atoms with Gasteiger partial charge in [-0.25, -0.2) is 0 Å². The molecule has 2 aromatic rings. The quantitative estimate of drug-likeness (QED) is 0.886. The monoisotopic (exact) mass is 286 g/mol. The predicted molar refractivity (Wildman–Crippen MR) is 66.4 cm³/mol. The van der Waals surface area contributed by atoms with Crippen LogP contribution in [0.1, 0.15) is 18.3 Å². The van der Waals surface area contributed by atoms with Gasteiger partial charge in [0.05, 0.1) is 11.3 Å². The van der Waals surface area contributed by atoms with Crippen LogP contribution < -0.4 is 5.32 Å². The summed E-state index contributed by atoms with van der Waals surface area (Å²) in [6.07, 6.45) is -4.44. The molecular weight excluding hydrogens is 273 g/mol. The van der Waals surface area contributed by atoms with Gasteiger partial charge in [0, 0.05) is 6.61 Å². The van der Waals surface area contributed by atoms with Crippen LogP contribution in [0.2, 0.25) is 0 Å². The highest BCUT2D eigenvalue weighted by Gasteiger charge is 2.33. The molecular formula is C12H13F3N4O. The van der Waals surface area contributed by atoms with Crippen LogP contribution in [0.15, 0.2) is 24.3 Å². The summed E-state index contributed by atoms with van der Waals surface area (Å²) in [5, 5.41) is 8.93. The number of H-pyrrole nitrogens is 1. The number of aromatic nitrogens is 3. The molecule has 0 saturated heterocycles. The van der Waals surface area contributed by atoms with Crippen molar-refractivity contribution >= 4 is 11.6 Å². The van der Waals surface area contributed by atoms with Gasteiger partial charge in [-0.05, 0) is 19.1 Å². The molecule has 1 aromatic carbocycles. The molecule has 5 nitrogen and oxygen atoms in total. The van der Waals surface area contributed by atoms with E-state index in [-0.39, 0.29) is 18.2 Å². The van der Waals surface area contributed by atoms with E-state index < -0.39 is 11.7 Å². The summed E-state index contributed by atoms with van der Waals surface area (Å²) in [5.41, 5.74) is -0.863. The normalized spacial score (nSPS) is 11.6. The number of aromatic amines is 1. The van der Waals surface area contributed by atoms with Gasteiger partial charge in [-0.3, -0.25) is 5.10 Å². The Hall–Kier alpha value is -2.09. The maximum atomic E-state index is 12.8. The molecule has 0 aliphatic heterocycles. The minimum atomic E-state index is -4.44. The highest BCUT2D eigenvalue weighted by molar-refractivity contribution is 5.59. The third kappa shape index (κ3) is 3.47. The second kappa shape index (κ2) is 5.91. The number of alkyl halides is 3. The molecule has 0 unspecified atom stereocenters. The van der Waals surface area contributed by atoms with Crippen LogP contribution >= 0.6 is 0 Å². The van der Waals surface area contributed by atoms with Gasteiger partial charge in [-0.15, -0.1) is 5.10 Å². The van der Waals surface area contributed by atoms with E-state index in [1.54, 1.807) is 0 Å². The number of nitrogens with one attached hydrogen (secondary N) is 2. The van der Waals surface area contributed by atoms with E-state index in [4.69, 9.17) is 4.74 Å². The zero-order valence-electron chi connectivity index (χ0n) is 10.7. The van der Waals surface area contributed by atoms with Crippen LogP contribution in [-0.2, 0) is 17.5 Å². The van der Waals surface area contributed by atoms with Crippen LogP contribution in [0.25, 0.3) is 0 Å². The summed E-state index contributed by atoms with van der Waals surface area (Å²) < 4.78 is 43.6. The number of benzene rings is 1. The van der Waals surface area contributed by atoms with Gasteiger partial charge >= 0.3 is 6.18 Å². The molecule has 0 atom stereocenters. The molecule has 0 spiro atoms. The van der Waals surface area contributed by atoms with Gasteiger partial charge < -0.3 is 10.1 Å². The van der Waals surface area contributed by atoms with E-state index >= 15 is 0 Å². The van der Waals surface area contributed by atoms with Crippen LogP contribution in [0.3, 0.4) is 0 Å². The molecule has 0 bridgehead atoms. The number of anilines is 2. The third-order valence-electron chi connectivity index (χ3n) is 2.45. The van der Waals surface area contributed by atoms with Crippen molar-refractivity contribution in [3.05, 3.63) is 35.7 Å². The highest BCUT2D eigenvalue weighted by atomic mass is 19.4. The number of hydrogen-bond donors (Lipinski definition) is 2. The van der Waals surface area contributed by atoms with Gasteiger partial charge in [0.2, 0.25) is 5.95 Å². The van der Waals surface area contributed by atoms with E-state index in [1.165, 1.54) is 18.2 Å². The molecule has 0 radical (unpaired) electrons. The van der Waals surface area contributed by atoms with Crippen molar-refractivity contribution in [2.45, 2.75) is 19.7 Å².